The van der Waals surface area contributed by atoms with E-state index in [9.17, 15) is 4.79 Å². The van der Waals surface area contributed by atoms with E-state index in [1.165, 1.54) is 31.3 Å². The van der Waals surface area contributed by atoms with Crippen LogP contribution in [0.1, 0.15) is 80.6 Å². The van der Waals surface area contributed by atoms with E-state index in [-0.39, 0.29) is 5.41 Å². The average molecular weight is 280 g/mol. The van der Waals surface area contributed by atoms with Crippen LogP contribution in [0.3, 0.4) is 0 Å². The van der Waals surface area contributed by atoms with E-state index in [1.54, 1.807) is 6.92 Å². The van der Waals surface area contributed by atoms with E-state index in [4.69, 9.17) is 0 Å². The van der Waals surface area contributed by atoms with Crippen LogP contribution >= 0.6 is 0 Å². The molecule has 0 aromatic carbocycles. The quantitative estimate of drug-likeness (QED) is 0.446. The highest BCUT2D eigenvalue weighted by atomic mass is 16.1. The molecule has 0 aliphatic heterocycles. The standard InChI is InChI=1S/C19H36O/c1-9-15(4)12-18(14(2)3)11-10-16(5)19(7,8)13-17(6)20/h15-16,18H,2,9-13H2,1,3-8H3. The Kier molecular flexibility index (Phi) is 8.39. The molecule has 0 N–H and O–H groups in total. The number of hydrogen-bond donors (Lipinski definition) is 0. The van der Waals surface area contributed by atoms with Gasteiger partial charge in [0.05, 0.1) is 0 Å². The van der Waals surface area contributed by atoms with Crippen molar-refractivity contribution >= 4 is 5.78 Å². The minimum absolute atomic E-state index is 0.113. The van der Waals surface area contributed by atoms with E-state index in [0.29, 0.717) is 24.0 Å². The molecule has 0 aliphatic carbocycles. The Bertz CT molecular complexity index is 314. The molecule has 1 heteroatoms. The zero-order valence-electron chi connectivity index (χ0n) is 14.9. The summed E-state index contributed by atoms with van der Waals surface area (Å²) in [5, 5.41) is 0. The van der Waals surface area contributed by atoms with Crippen LogP contribution in [0.15, 0.2) is 12.2 Å². The number of carbonyl (C=O) groups excluding carboxylic acids is 1. The molecule has 0 amide bonds. The van der Waals surface area contributed by atoms with Crippen LogP contribution in [0.2, 0.25) is 0 Å². The summed E-state index contributed by atoms with van der Waals surface area (Å²) in [6.45, 7) is 19.4. The van der Waals surface area contributed by atoms with Crippen molar-refractivity contribution in [3.05, 3.63) is 12.2 Å². The van der Waals surface area contributed by atoms with Crippen molar-refractivity contribution in [2.24, 2.45) is 23.2 Å². The van der Waals surface area contributed by atoms with E-state index < -0.39 is 0 Å². The lowest BCUT2D eigenvalue weighted by Crippen LogP contribution is -2.25. The Hall–Kier alpha value is -0.590. The average Bonchev–Trinajstić information content (AvgIpc) is 2.31. The third kappa shape index (κ3) is 7.26. The van der Waals surface area contributed by atoms with Gasteiger partial charge in [0.15, 0.2) is 0 Å². The largest absolute Gasteiger partial charge is 0.300 e. The van der Waals surface area contributed by atoms with Gasteiger partial charge in [0.1, 0.15) is 5.78 Å². The number of hydrogen-bond acceptors (Lipinski definition) is 1. The van der Waals surface area contributed by atoms with Crippen LogP contribution in [0, 0.1) is 23.2 Å². The van der Waals surface area contributed by atoms with Crippen molar-refractivity contribution in [2.75, 3.05) is 0 Å². The smallest absolute Gasteiger partial charge is 0.130 e. The van der Waals surface area contributed by atoms with Crippen LogP contribution in [-0.2, 0) is 4.79 Å². The third-order valence-corrected chi connectivity index (χ3v) is 5.07. The molecule has 1 nitrogen and oxygen atoms in total. The van der Waals surface area contributed by atoms with Crippen molar-refractivity contribution in [1.82, 2.24) is 0 Å². The maximum Gasteiger partial charge on any atom is 0.130 e. The maximum absolute atomic E-state index is 11.4. The number of allylic oxidation sites excluding steroid dienone is 1. The van der Waals surface area contributed by atoms with E-state index in [1.807, 2.05) is 0 Å². The molecule has 3 unspecified atom stereocenters. The molecular weight excluding hydrogens is 244 g/mol. The molecule has 0 saturated heterocycles. The second kappa shape index (κ2) is 8.64. The summed E-state index contributed by atoms with van der Waals surface area (Å²) in [5.41, 5.74) is 1.43. The topological polar surface area (TPSA) is 17.1 Å². The zero-order valence-corrected chi connectivity index (χ0v) is 14.9. The van der Waals surface area contributed by atoms with Gasteiger partial charge in [0, 0.05) is 6.42 Å². The fraction of sp³-hybridized carbons (Fsp3) is 0.842. The van der Waals surface area contributed by atoms with Crippen LogP contribution < -0.4 is 0 Å². The Morgan fingerprint density at radius 3 is 2.10 bits per heavy atom. The highest BCUT2D eigenvalue weighted by molar-refractivity contribution is 5.76. The number of ketones is 1. The first-order chi connectivity index (χ1) is 9.10. The molecular formula is C19H36O. The third-order valence-electron chi connectivity index (χ3n) is 5.07. The first-order valence-corrected chi connectivity index (χ1v) is 8.25. The van der Waals surface area contributed by atoms with E-state index >= 15 is 0 Å². The van der Waals surface area contributed by atoms with Gasteiger partial charge in [-0.3, -0.25) is 0 Å². The minimum atomic E-state index is 0.113. The molecule has 0 aromatic heterocycles. The molecule has 0 heterocycles. The Morgan fingerprint density at radius 2 is 1.70 bits per heavy atom. The summed E-state index contributed by atoms with van der Waals surface area (Å²) in [6.07, 6.45) is 5.59. The number of rotatable bonds is 10. The van der Waals surface area contributed by atoms with Gasteiger partial charge in [-0.2, -0.15) is 0 Å². The molecule has 0 spiro atoms. The Balaban J connectivity index is 4.47. The number of Topliss-reactive ketones (excluding diaryl/α,β-unsaturated/α-hetero) is 1. The Morgan fingerprint density at radius 1 is 1.15 bits per heavy atom. The molecule has 0 bridgehead atoms. The summed E-state index contributed by atoms with van der Waals surface area (Å²) in [5.74, 6) is 2.29. The highest BCUT2D eigenvalue weighted by Gasteiger charge is 2.28. The fourth-order valence-electron chi connectivity index (χ4n) is 2.88. The summed E-state index contributed by atoms with van der Waals surface area (Å²) in [4.78, 5) is 11.4. The van der Waals surface area contributed by atoms with Gasteiger partial charge in [-0.15, -0.1) is 0 Å². The molecule has 0 saturated carbocycles. The summed E-state index contributed by atoms with van der Waals surface area (Å²) < 4.78 is 0. The molecule has 3 atom stereocenters. The molecule has 0 rings (SSSR count). The van der Waals surface area contributed by atoms with Gasteiger partial charge in [-0.05, 0) is 56.3 Å². The lowest BCUT2D eigenvalue weighted by molar-refractivity contribution is -0.119. The number of carbonyl (C=O) groups is 1. The van der Waals surface area contributed by atoms with Gasteiger partial charge in [0.25, 0.3) is 0 Å². The molecule has 0 fully saturated rings. The molecule has 0 aliphatic rings. The fourth-order valence-corrected chi connectivity index (χ4v) is 2.88. The van der Waals surface area contributed by atoms with Crippen LogP contribution in [0.25, 0.3) is 0 Å². The van der Waals surface area contributed by atoms with Crippen LogP contribution in [0.5, 0.6) is 0 Å². The van der Waals surface area contributed by atoms with Crippen molar-refractivity contribution < 1.29 is 4.79 Å². The van der Waals surface area contributed by atoms with Crippen molar-refractivity contribution in [3.63, 3.8) is 0 Å². The first kappa shape index (κ1) is 19.4. The molecule has 20 heavy (non-hydrogen) atoms. The minimum Gasteiger partial charge on any atom is -0.300 e. The molecule has 0 aromatic rings. The van der Waals surface area contributed by atoms with Crippen molar-refractivity contribution in [2.45, 2.75) is 80.6 Å². The zero-order chi connectivity index (χ0) is 15.9. The van der Waals surface area contributed by atoms with E-state index in [2.05, 4.69) is 48.1 Å². The van der Waals surface area contributed by atoms with Crippen molar-refractivity contribution in [3.8, 4) is 0 Å². The molecule has 118 valence electrons. The summed E-state index contributed by atoms with van der Waals surface area (Å²) in [6, 6.07) is 0. The molecule has 0 radical (unpaired) electrons. The van der Waals surface area contributed by atoms with Crippen molar-refractivity contribution in [1.29, 1.82) is 0 Å². The second-order valence-electron chi connectivity index (χ2n) is 7.64. The van der Waals surface area contributed by atoms with Gasteiger partial charge in [-0.1, -0.05) is 53.2 Å². The normalized spacial score (nSPS) is 16.6. The predicted octanol–water partition coefficient (Wildman–Crippen LogP) is 6.04. The highest BCUT2D eigenvalue weighted by Crippen LogP contribution is 2.36. The van der Waals surface area contributed by atoms with Gasteiger partial charge in [0.2, 0.25) is 0 Å². The van der Waals surface area contributed by atoms with Gasteiger partial charge >= 0.3 is 0 Å². The van der Waals surface area contributed by atoms with Gasteiger partial charge in [-0.25, -0.2) is 0 Å². The van der Waals surface area contributed by atoms with Crippen LogP contribution in [-0.4, -0.2) is 5.78 Å². The monoisotopic (exact) mass is 280 g/mol. The predicted molar refractivity (Wildman–Crippen MR) is 89.9 cm³/mol. The lowest BCUT2D eigenvalue weighted by Gasteiger charge is -2.32. The second-order valence-corrected chi connectivity index (χ2v) is 7.64. The van der Waals surface area contributed by atoms with Crippen LogP contribution in [0.4, 0.5) is 0 Å². The summed E-state index contributed by atoms with van der Waals surface area (Å²) >= 11 is 0. The van der Waals surface area contributed by atoms with Gasteiger partial charge < -0.3 is 4.79 Å². The SMILES string of the molecule is C=C(C)C(CCC(C)C(C)(C)CC(C)=O)CC(C)CC. The van der Waals surface area contributed by atoms with E-state index in [0.717, 1.165) is 5.92 Å². The Labute approximate surface area is 127 Å². The summed E-state index contributed by atoms with van der Waals surface area (Å²) in [7, 11) is 0. The first-order valence-electron chi connectivity index (χ1n) is 8.25. The maximum atomic E-state index is 11.4. The lowest BCUT2D eigenvalue weighted by atomic mass is 9.72.